The zero-order chi connectivity index (χ0) is 14.8. The van der Waals surface area contributed by atoms with Gasteiger partial charge in [0.05, 0.1) is 0 Å². The van der Waals surface area contributed by atoms with E-state index in [1.807, 2.05) is 12.1 Å². The lowest BCUT2D eigenvalue weighted by Crippen LogP contribution is -2.33. The van der Waals surface area contributed by atoms with Crippen molar-refractivity contribution in [2.24, 2.45) is 0 Å². The van der Waals surface area contributed by atoms with Gasteiger partial charge in [-0.15, -0.1) is 0 Å². The van der Waals surface area contributed by atoms with E-state index in [1.54, 1.807) is 12.3 Å². The smallest absolute Gasteiger partial charge is 0.274 e. The van der Waals surface area contributed by atoms with Crippen LogP contribution >= 0.6 is 0 Å². The summed E-state index contributed by atoms with van der Waals surface area (Å²) in [5.41, 5.74) is 3.67. The minimum atomic E-state index is -0.219. The molecule has 0 spiro atoms. The molecule has 5 heteroatoms. The molecule has 1 amide bonds. The summed E-state index contributed by atoms with van der Waals surface area (Å²) in [7, 11) is 2.10. The Labute approximate surface area is 124 Å². The summed E-state index contributed by atoms with van der Waals surface area (Å²) in [6.45, 7) is 2.22. The Balaban J connectivity index is 1.83. The Bertz CT molecular complexity index is 657. The fourth-order valence-corrected chi connectivity index (χ4v) is 2.60. The number of carbonyl (C=O) groups is 1. The molecule has 1 aromatic carbocycles. The second-order valence-corrected chi connectivity index (χ2v) is 5.39. The van der Waals surface area contributed by atoms with Gasteiger partial charge in [0.2, 0.25) is 0 Å². The minimum absolute atomic E-state index is 0.219. The summed E-state index contributed by atoms with van der Waals surface area (Å²) in [4.78, 5) is 22.1. The first-order valence-electron chi connectivity index (χ1n) is 7.08. The number of fused-ring (bicyclic) bond motifs is 1. The average molecular weight is 282 g/mol. The van der Waals surface area contributed by atoms with Crippen molar-refractivity contribution in [1.29, 1.82) is 0 Å². The SMILES string of the molecule is CC1CCc2ccc(NC(=O)c3ccncn3)cc2N1C. The van der Waals surface area contributed by atoms with Gasteiger partial charge in [0.1, 0.15) is 12.0 Å². The van der Waals surface area contributed by atoms with Crippen molar-refractivity contribution in [3.05, 3.63) is 48.0 Å². The maximum Gasteiger partial charge on any atom is 0.274 e. The molecule has 0 radical (unpaired) electrons. The summed E-state index contributed by atoms with van der Waals surface area (Å²) >= 11 is 0. The Morgan fingerprint density at radius 1 is 1.38 bits per heavy atom. The highest BCUT2D eigenvalue weighted by Gasteiger charge is 2.20. The molecule has 0 saturated heterocycles. The molecule has 1 unspecified atom stereocenters. The van der Waals surface area contributed by atoms with Crippen molar-refractivity contribution < 1.29 is 4.79 Å². The molecule has 0 bridgehead atoms. The predicted molar refractivity (Wildman–Crippen MR) is 82.6 cm³/mol. The van der Waals surface area contributed by atoms with E-state index in [9.17, 15) is 4.79 Å². The average Bonchev–Trinajstić information content (AvgIpc) is 2.52. The Morgan fingerprint density at radius 2 is 2.24 bits per heavy atom. The summed E-state index contributed by atoms with van der Waals surface area (Å²) in [5.74, 6) is -0.219. The Morgan fingerprint density at radius 3 is 3.00 bits per heavy atom. The van der Waals surface area contributed by atoms with Gasteiger partial charge in [0.25, 0.3) is 5.91 Å². The molecule has 21 heavy (non-hydrogen) atoms. The van der Waals surface area contributed by atoms with E-state index in [0.717, 1.165) is 18.5 Å². The molecule has 0 saturated carbocycles. The molecular weight excluding hydrogens is 264 g/mol. The quantitative estimate of drug-likeness (QED) is 0.919. The second kappa shape index (κ2) is 5.52. The van der Waals surface area contributed by atoms with Crippen LogP contribution in [0.15, 0.2) is 36.8 Å². The van der Waals surface area contributed by atoms with Gasteiger partial charge in [0, 0.05) is 30.7 Å². The number of aryl methyl sites for hydroxylation is 1. The number of aromatic nitrogens is 2. The molecule has 1 aliphatic heterocycles. The number of anilines is 2. The van der Waals surface area contributed by atoms with Crippen LogP contribution in [0.25, 0.3) is 0 Å². The third kappa shape index (κ3) is 2.72. The van der Waals surface area contributed by atoms with Crippen LogP contribution in [0.4, 0.5) is 11.4 Å². The lowest BCUT2D eigenvalue weighted by molar-refractivity contribution is 0.102. The second-order valence-electron chi connectivity index (χ2n) is 5.39. The van der Waals surface area contributed by atoms with Crippen molar-refractivity contribution in [3.63, 3.8) is 0 Å². The Hall–Kier alpha value is -2.43. The number of rotatable bonds is 2. The highest BCUT2D eigenvalue weighted by Crippen LogP contribution is 2.31. The van der Waals surface area contributed by atoms with Crippen LogP contribution in [0.1, 0.15) is 29.4 Å². The lowest BCUT2D eigenvalue weighted by atomic mass is 9.97. The zero-order valence-corrected chi connectivity index (χ0v) is 12.2. The molecule has 1 atom stereocenters. The summed E-state index contributed by atoms with van der Waals surface area (Å²) < 4.78 is 0. The summed E-state index contributed by atoms with van der Waals surface area (Å²) in [6, 6.07) is 8.19. The maximum atomic E-state index is 12.1. The maximum absolute atomic E-state index is 12.1. The van der Waals surface area contributed by atoms with Crippen LogP contribution in [-0.4, -0.2) is 29.0 Å². The van der Waals surface area contributed by atoms with Crippen molar-refractivity contribution in [1.82, 2.24) is 9.97 Å². The number of carbonyl (C=O) groups excluding carboxylic acids is 1. The third-order valence-corrected chi connectivity index (χ3v) is 4.03. The van der Waals surface area contributed by atoms with Gasteiger partial charge >= 0.3 is 0 Å². The number of nitrogens with one attached hydrogen (secondary N) is 1. The lowest BCUT2D eigenvalue weighted by Gasteiger charge is -2.34. The fraction of sp³-hybridized carbons (Fsp3) is 0.312. The third-order valence-electron chi connectivity index (χ3n) is 4.03. The summed E-state index contributed by atoms with van der Waals surface area (Å²) in [5, 5.41) is 2.89. The van der Waals surface area contributed by atoms with Gasteiger partial charge in [0.15, 0.2) is 0 Å². The Kier molecular flexibility index (Phi) is 3.56. The zero-order valence-electron chi connectivity index (χ0n) is 12.2. The standard InChI is InChI=1S/C16H18N4O/c1-11-3-4-12-5-6-13(9-15(12)20(11)2)19-16(21)14-7-8-17-10-18-14/h5-11H,3-4H2,1-2H3,(H,19,21). The van der Waals surface area contributed by atoms with Gasteiger partial charge in [-0.3, -0.25) is 4.79 Å². The molecule has 1 aliphatic rings. The molecule has 5 nitrogen and oxygen atoms in total. The number of nitrogens with zero attached hydrogens (tertiary/aromatic N) is 3. The van der Waals surface area contributed by atoms with E-state index in [-0.39, 0.29) is 5.91 Å². The minimum Gasteiger partial charge on any atom is -0.372 e. The van der Waals surface area contributed by atoms with Gasteiger partial charge in [-0.05, 0) is 43.5 Å². The number of amides is 1. The first-order chi connectivity index (χ1) is 10.1. The molecule has 1 aromatic heterocycles. The van der Waals surface area contributed by atoms with Gasteiger partial charge in [-0.2, -0.15) is 0 Å². The first kappa shape index (κ1) is 13.5. The molecule has 2 aromatic rings. The molecule has 108 valence electrons. The van der Waals surface area contributed by atoms with Gasteiger partial charge < -0.3 is 10.2 Å². The van der Waals surface area contributed by atoms with Gasteiger partial charge in [-0.25, -0.2) is 9.97 Å². The van der Waals surface area contributed by atoms with Crippen LogP contribution in [0, 0.1) is 0 Å². The topological polar surface area (TPSA) is 58.1 Å². The molecule has 0 fully saturated rings. The molecular formula is C16H18N4O. The largest absolute Gasteiger partial charge is 0.372 e. The molecule has 0 aliphatic carbocycles. The monoisotopic (exact) mass is 282 g/mol. The van der Waals surface area contributed by atoms with E-state index >= 15 is 0 Å². The van der Waals surface area contributed by atoms with Crippen molar-refractivity contribution in [2.75, 3.05) is 17.3 Å². The van der Waals surface area contributed by atoms with Crippen LogP contribution in [-0.2, 0) is 6.42 Å². The fourth-order valence-electron chi connectivity index (χ4n) is 2.60. The van der Waals surface area contributed by atoms with Gasteiger partial charge in [-0.1, -0.05) is 6.07 Å². The van der Waals surface area contributed by atoms with E-state index in [4.69, 9.17) is 0 Å². The van der Waals surface area contributed by atoms with Crippen molar-refractivity contribution >= 4 is 17.3 Å². The predicted octanol–water partition coefficient (Wildman–Crippen LogP) is 2.50. The normalized spacial score (nSPS) is 17.2. The number of hydrogen-bond acceptors (Lipinski definition) is 4. The van der Waals surface area contributed by atoms with E-state index in [2.05, 4.69) is 40.2 Å². The first-order valence-corrected chi connectivity index (χ1v) is 7.08. The molecule has 2 heterocycles. The van der Waals surface area contributed by atoms with Crippen LogP contribution in [0.2, 0.25) is 0 Å². The van der Waals surface area contributed by atoms with Crippen molar-refractivity contribution in [2.45, 2.75) is 25.8 Å². The molecule has 1 N–H and O–H groups in total. The highest BCUT2D eigenvalue weighted by molar-refractivity contribution is 6.03. The highest BCUT2D eigenvalue weighted by atomic mass is 16.1. The van der Waals surface area contributed by atoms with E-state index in [0.29, 0.717) is 11.7 Å². The van der Waals surface area contributed by atoms with Crippen LogP contribution in [0.3, 0.4) is 0 Å². The van der Waals surface area contributed by atoms with E-state index < -0.39 is 0 Å². The van der Waals surface area contributed by atoms with Crippen LogP contribution in [0.5, 0.6) is 0 Å². The van der Waals surface area contributed by atoms with E-state index in [1.165, 1.54) is 17.6 Å². The van der Waals surface area contributed by atoms with Crippen LogP contribution < -0.4 is 10.2 Å². The number of hydrogen-bond donors (Lipinski definition) is 1. The molecule has 3 rings (SSSR count). The number of benzene rings is 1. The summed E-state index contributed by atoms with van der Waals surface area (Å²) in [6.07, 6.45) is 5.18. The van der Waals surface area contributed by atoms with Crippen molar-refractivity contribution in [3.8, 4) is 0 Å².